The molecule has 0 heterocycles. The quantitative estimate of drug-likeness (QED) is 0.677. The first-order chi connectivity index (χ1) is 12.0. The molecule has 1 unspecified atom stereocenters. The summed E-state index contributed by atoms with van der Waals surface area (Å²) in [5.74, 6) is -1.58. The van der Waals surface area contributed by atoms with Gasteiger partial charge in [0.15, 0.2) is 0 Å². The van der Waals surface area contributed by atoms with Gasteiger partial charge in [-0.05, 0) is 36.6 Å². The summed E-state index contributed by atoms with van der Waals surface area (Å²) in [5.41, 5.74) is 1.19. The van der Waals surface area contributed by atoms with Crippen LogP contribution in [0.3, 0.4) is 0 Å². The maximum atomic E-state index is 14.0. The molecule has 0 radical (unpaired) electrons. The third-order valence-corrected chi connectivity index (χ3v) is 3.90. The zero-order chi connectivity index (χ0) is 18.2. The lowest BCUT2D eigenvalue weighted by Gasteiger charge is -2.25. The van der Waals surface area contributed by atoms with Crippen molar-refractivity contribution < 1.29 is 18.3 Å². The summed E-state index contributed by atoms with van der Waals surface area (Å²) in [6, 6.07) is 9.49. The fourth-order valence-corrected chi connectivity index (χ4v) is 2.62. The maximum absolute atomic E-state index is 14.0. The van der Waals surface area contributed by atoms with Crippen molar-refractivity contribution in [3.63, 3.8) is 0 Å². The lowest BCUT2D eigenvalue weighted by Crippen LogP contribution is -2.32. The number of halogens is 3. The molecule has 0 fully saturated rings. The van der Waals surface area contributed by atoms with Gasteiger partial charge in [-0.2, -0.15) is 0 Å². The van der Waals surface area contributed by atoms with Crippen LogP contribution in [0.5, 0.6) is 0 Å². The van der Waals surface area contributed by atoms with Crippen LogP contribution in [-0.2, 0) is 13.1 Å². The van der Waals surface area contributed by atoms with Crippen LogP contribution in [0.1, 0.15) is 24.0 Å². The van der Waals surface area contributed by atoms with E-state index in [1.807, 2.05) is 4.90 Å². The average Bonchev–Trinajstić information content (AvgIpc) is 2.57. The van der Waals surface area contributed by atoms with Gasteiger partial charge in [0.2, 0.25) is 0 Å². The Bertz CT molecular complexity index is 688. The van der Waals surface area contributed by atoms with E-state index in [0.717, 1.165) is 11.6 Å². The van der Waals surface area contributed by atoms with E-state index in [9.17, 15) is 18.3 Å². The van der Waals surface area contributed by atoms with Gasteiger partial charge in [0.05, 0.1) is 6.10 Å². The lowest BCUT2D eigenvalue weighted by molar-refractivity contribution is 0.0977. The van der Waals surface area contributed by atoms with Gasteiger partial charge in [-0.25, -0.2) is 13.2 Å². The maximum Gasteiger partial charge on any atom is 0.130 e. The van der Waals surface area contributed by atoms with Crippen molar-refractivity contribution in [2.45, 2.75) is 32.0 Å². The van der Waals surface area contributed by atoms with Crippen molar-refractivity contribution in [2.75, 3.05) is 6.54 Å². The second kappa shape index (κ2) is 9.39. The molecule has 0 spiro atoms. The molecule has 0 saturated heterocycles. The van der Waals surface area contributed by atoms with Crippen LogP contribution >= 0.6 is 0 Å². The largest absolute Gasteiger partial charge is 0.392 e. The Balaban J connectivity index is 2.12. The topological polar surface area (TPSA) is 23.5 Å². The summed E-state index contributed by atoms with van der Waals surface area (Å²) in [7, 11) is 0. The van der Waals surface area contributed by atoms with Gasteiger partial charge in [0, 0.05) is 31.3 Å². The molecule has 134 valence electrons. The number of rotatable bonds is 9. The van der Waals surface area contributed by atoms with E-state index >= 15 is 0 Å². The lowest BCUT2D eigenvalue weighted by atomic mass is 10.1. The molecule has 2 nitrogen and oxygen atoms in total. The molecule has 25 heavy (non-hydrogen) atoms. The van der Waals surface area contributed by atoms with Gasteiger partial charge in [0.1, 0.15) is 17.5 Å². The predicted octanol–water partition coefficient (Wildman–Crippen LogP) is 4.43. The number of benzene rings is 2. The van der Waals surface area contributed by atoms with E-state index in [4.69, 9.17) is 0 Å². The minimum Gasteiger partial charge on any atom is -0.392 e. The summed E-state index contributed by atoms with van der Waals surface area (Å²) >= 11 is 0. The Kier molecular flexibility index (Phi) is 7.22. The predicted molar refractivity (Wildman–Crippen MR) is 92.3 cm³/mol. The van der Waals surface area contributed by atoms with Crippen molar-refractivity contribution in [1.82, 2.24) is 4.90 Å². The molecule has 1 atom stereocenters. The van der Waals surface area contributed by atoms with Crippen molar-refractivity contribution in [2.24, 2.45) is 0 Å². The number of allylic oxidation sites excluding steroid dienone is 1. The fraction of sp³-hybridized carbons (Fsp3) is 0.300. The molecule has 2 aromatic rings. The zero-order valence-corrected chi connectivity index (χ0v) is 14.0. The Labute approximate surface area is 146 Å². The Morgan fingerprint density at radius 2 is 1.68 bits per heavy atom. The molecule has 0 aliphatic heterocycles. The SMILES string of the molecule is C=CCCC(O)CN(Cc1ccc(F)cc1)Cc1ccc(F)cc1F. The van der Waals surface area contributed by atoms with Crippen molar-refractivity contribution in [1.29, 1.82) is 0 Å². The number of hydrogen-bond acceptors (Lipinski definition) is 2. The van der Waals surface area contributed by atoms with E-state index in [1.165, 1.54) is 24.3 Å². The summed E-state index contributed by atoms with van der Waals surface area (Å²) in [5, 5.41) is 10.2. The smallest absolute Gasteiger partial charge is 0.130 e. The van der Waals surface area contributed by atoms with Crippen LogP contribution in [0, 0.1) is 17.5 Å². The van der Waals surface area contributed by atoms with E-state index in [1.54, 1.807) is 18.2 Å². The molecule has 1 N–H and O–H groups in total. The Morgan fingerprint density at radius 3 is 2.32 bits per heavy atom. The van der Waals surface area contributed by atoms with E-state index in [2.05, 4.69) is 6.58 Å². The minimum atomic E-state index is -0.627. The van der Waals surface area contributed by atoms with Crippen LogP contribution in [0.15, 0.2) is 55.1 Å². The second-order valence-corrected chi connectivity index (χ2v) is 6.05. The molecular weight excluding hydrogens is 327 g/mol. The highest BCUT2D eigenvalue weighted by Crippen LogP contribution is 2.16. The molecule has 2 rings (SSSR count). The van der Waals surface area contributed by atoms with Crippen LogP contribution in [-0.4, -0.2) is 22.7 Å². The summed E-state index contributed by atoms with van der Waals surface area (Å²) in [6.45, 7) is 4.59. The molecule has 0 saturated carbocycles. The van der Waals surface area contributed by atoms with Crippen molar-refractivity contribution >= 4 is 0 Å². The normalized spacial score (nSPS) is 12.4. The molecule has 0 aliphatic rings. The summed E-state index contributed by atoms with van der Waals surface area (Å²) in [6.07, 6.45) is 2.36. The standard InChI is InChI=1S/C20H22F3NO/c1-2-3-4-19(25)14-24(12-15-5-8-17(21)9-6-15)13-16-7-10-18(22)11-20(16)23/h2,5-11,19,25H,1,3-4,12-14H2. The van der Waals surface area contributed by atoms with Gasteiger partial charge in [-0.1, -0.05) is 24.3 Å². The first kappa shape index (κ1) is 19.2. The zero-order valence-electron chi connectivity index (χ0n) is 14.0. The van der Waals surface area contributed by atoms with Gasteiger partial charge >= 0.3 is 0 Å². The molecule has 0 aromatic heterocycles. The molecule has 0 aliphatic carbocycles. The van der Waals surface area contributed by atoms with Crippen LogP contribution < -0.4 is 0 Å². The fourth-order valence-electron chi connectivity index (χ4n) is 2.62. The highest BCUT2D eigenvalue weighted by molar-refractivity contribution is 5.20. The molecule has 0 amide bonds. The van der Waals surface area contributed by atoms with Crippen LogP contribution in [0.2, 0.25) is 0 Å². The van der Waals surface area contributed by atoms with Crippen LogP contribution in [0.4, 0.5) is 13.2 Å². The Morgan fingerprint density at radius 1 is 1.00 bits per heavy atom. The molecule has 2 aromatic carbocycles. The first-order valence-corrected chi connectivity index (χ1v) is 8.17. The average molecular weight is 349 g/mol. The number of aliphatic hydroxyl groups excluding tert-OH is 1. The van der Waals surface area contributed by atoms with Gasteiger partial charge in [-0.3, -0.25) is 4.90 Å². The van der Waals surface area contributed by atoms with Crippen molar-refractivity contribution in [3.05, 3.63) is 83.7 Å². The van der Waals surface area contributed by atoms with Gasteiger partial charge in [-0.15, -0.1) is 6.58 Å². The summed E-state index contributed by atoms with van der Waals surface area (Å²) in [4.78, 5) is 1.86. The molecule has 5 heteroatoms. The van der Waals surface area contributed by atoms with Crippen LogP contribution in [0.25, 0.3) is 0 Å². The highest BCUT2D eigenvalue weighted by atomic mass is 19.1. The second-order valence-electron chi connectivity index (χ2n) is 6.05. The Hall–Kier alpha value is -2.11. The number of aliphatic hydroxyl groups is 1. The third-order valence-electron chi connectivity index (χ3n) is 3.90. The van der Waals surface area contributed by atoms with E-state index in [-0.39, 0.29) is 12.4 Å². The third kappa shape index (κ3) is 6.36. The minimum absolute atomic E-state index is 0.217. The monoisotopic (exact) mass is 349 g/mol. The highest BCUT2D eigenvalue weighted by Gasteiger charge is 2.15. The van der Waals surface area contributed by atoms with Crippen molar-refractivity contribution in [3.8, 4) is 0 Å². The van der Waals surface area contributed by atoms with Gasteiger partial charge in [0.25, 0.3) is 0 Å². The van der Waals surface area contributed by atoms with Gasteiger partial charge < -0.3 is 5.11 Å². The van der Waals surface area contributed by atoms with E-state index in [0.29, 0.717) is 31.5 Å². The first-order valence-electron chi connectivity index (χ1n) is 8.17. The molecule has 0 bridgehead atoms. The number of hydrogen-bond donors (Lipinski definition) is 1. The number of nitrogens with zero attached hydrogens (tertiary/aromatic N) is 1. The summed E-state index contributed by atoms with van der Waals surface area (Å²) < 4.78 is 40.1. The van der Waals surface area contributed by atoms with E-state index < -0.39 is 17.7 Å². The molecular formula is C20H22F3NO.